The average Bonchev–Trinajstić information content (AvgIpc) is 2.08. The molecule has 0 amide bonds. The summed E-state index contributed by atoms with van der Waals surface area (Å²) < 4.78 is 1.94. The molecule has 0 heterocycles. The number of hydrogen-bond donors (Lipinski definition) is 0. The van der Waals surface area contributed by atoms with Crippen LogP contribution in [-0.4, -0.2) is 11.1 Å². The van der Waals surface area contributed by atoms with Gasteiger partial charge >= 0.3 is 0 Å². The first kappa shape index (κ1) is 10.7. The monoisotopic (exact) mass is 402 g/mol. The molecule has 0 bridgehead atoms. The molecule has 1 aromatic rings. The van der Waals surface area contributed by atoms with Crippen molar-refractivity contribution in [3.8, 4) is 0 Å². The minimum Gasteiger partial charge on any atom is -0.293 e. The molecule has 1 rings (SSSR count). The van der Waals surface area contributed by atoms with Gasteiger partial charge in [0.15, 0.2) is 5.78 Å². The standard InChI is InChI=1S/C8H5Br2IO/c9-4-7(12)5-2-1-3-6(11)8(5)10/h1-3H,4H2. The van der Waals surface area contributed by atoms with Gasteiger partial charge in [-0.2, -0.15) is 0 Å². The number of ketones is 1. The number of carbonyl (C=O) groups excluding carboxylic acids is 1. The van der Waals surface area contributed by atoms with Gasteiger partial charge in [-0.25, -0.2) is 0 Å². The van der Waals surface area contributed by atoms with Gasteiger partial charge in [-0.05, 0) is 44.6 Å². The molecule has 0 aromatic heterocycles. The SMILES string of the molecule is O=C(CBr)c1cccc(I)c1Br. The summed E-state index contributed by atoms with van der Waals surface area (Å²) in [6, 6.07) is 5.65. The highest BCUT2D eigenvalue weighted by atomic mass is 127. The minimum atomic E-state index is 0.0976. The Morgan fingerprint density at radius 2 is 2.17 bits per heavy atom. The zero-order valence-electron chi connectivity index (χ0n) is 5.98. The summed E-state index contributed by atoms with van der Waals surface area (Å²) in [5, 5.41) is 0.367. The molecule has 0 fully saturated rings. The molecule has 0 saturated heterocycles. The maximum absolute atomic E-state index is 11.3. The van der Waals surface area contributed by atoms with Crippen molar-refractivity contribution in [1.29, 1.82) is 0 Å². The van der Waals surface area contributed by atoms with Crippen molar-refractivity contribution in [3.05, 3.63) is 31.8 Å². The Morgan fingerprint density at radius 3 is 2.75 bits per heavy atom. The normalized spacial score (nSPS) is 9.92. The third-order valence-electron chi connectivity index (χ3n) is 1.37. The highest BCUT2D eigenvalue weighted by molar-refractivity contribution is 14.1. The number of hydrogen-bond acceptors (Lipinski definition) is 1. The van der Waals surface area contributed by atoms with Gasteiger partial charge in [-0.15, -0.1) is 0 Å². The Labute approximate surface area is 101 Å². The van der Waals surface area contributed by atoms with E-state index in [1.165, 1.54) is 0 Å². The van der Waals surface area contributed by atoms with Gasteiger partial charge in [-0.1, -0.05) is 28.1 Å². The van der Waals surface area contributed by atoms with Gasteiger partial charge < -0.3 is 0 Å². The third-order valence-corrected chi connectivity index (χ3v) is 4.38. The fraction of sp³-hybridized carbons (Fsp3) is 0.125. The molecule has 1 aromatic carbocycles. The first-order valence-corrected chi connectivity index (χ1v) is 6.19. The van der Waals surface area contributed by atoms with E-state index in [0.717, 1.165) is 13.6 Å². The Kier molecular flexibility index (Phi) is 4.19. The Balaban J connectivity index is 3.16. The van der Waals surface area contributed by atoms with E-state index in [1.807, 2.05) is 18.2 Å². The molecule has 0 atom stereocenters. The van der Waals surface area contributed by atoms with Gasteiger partial charge in [-0.3, -0.25) is 4.79 Å². The second-order valence-corrected chi connectivity index (χ2v) is 4.67. The van der Waals surface area contributed by atoms with Crippen LogP contribution < -0.4 is 0 Å². The Morgan fingerprint density at radius 1 is 1.50 bits per heavy atom. The lowest BCUT2D eigenvalue weighted by Gasteiger charge is -2.02. The maximum atomic E-state index is 11.3. The summed E-state index contributed by atoms with van der Waals surface area (Å²) in [5.41, 5.74) is 0.735. The van der Waals surface area contributed by atoms with E-state index in [9.17, 15) is 4.79 Å². The fourth-order valence-corrected chi connectivity index (χ4v) is 2.08. The lowest BCUT2D eigenvalue weighted by atomic mass is 10.2. The van der Waals surface area contributed by atoms with Gasteiger partial charge in [0, 0.05) is 13.6 Å². The molecular formula is C8H5Br2IO. The van der Waals surface area contributed by atoms with Crippen LogP contribution in [0, 0.1) is 3.57 Å². The molecule has 0 aliphatic heterocycles. The van der Waals surface area contributed by atoms with E-state index in [0.29, 0.717) is 5.33 Å². The zero-order chi connectivity index (χ0) is 9.14. The van der Waals surface area contributed by atoms with Crippen LogP contribution in [0.15, 0.2) is 22.7 Å². The summed E-state index contributed by atoms with van der Waals surface area (Å²) >= 11 is 8.70. The van der Waals surface area contributed by atoms with Crippen LogP contribution in [0.4, 0.5) is 0 Å². The molecule has 0 N–H and O–H groups in total. The molecule has 0 saturated carbocycles. The van der Waals surface area contributed by atoms with E-state index in [4.69, 9.17) is 0 Å². The van der Waals surface area contributed by atoms with Crippen molar-refractivity contribution >= 4 is 60.2 Å². The van der Waals surface area contributed by atoms with E-state index >= 15 is 0 Å². The lowest BCUT2D eigenvalue weighted by Crippen LogP contribution is -2.01. The van der Waals surface area contributed by atoms with Crippen LogP contribution in [0.2, 0.25) is 0 Å². The maximum Gasteiger partial charge on any atom is 0.174 e. The molecule has 0 spiro atoms. The van der Waals surface area contributed by atoms with Crippen LogP contribution >= 0.6 is 54.5 Å². The number of carbonyl (C=O) groups is 1. The van der Waals surface area contributed by atoms with Crippen LogP contribution in [0.3, 0.4) is 0 Å². The van der Waals surface area contributed by atoms with Crippen molar-refractivity contribution in [3.63, 3.8) is 0 Å². The topological polar surface area (TPSA) is 17.1 Å². The average molecular weight is 404 g/mol. The van der Waals surface area contributed by atoms with E-state index in [-0.39, 0.29) is 5.78 Å². The number of halogens is 3. The Bertz CT molecular complexity index is 312. The second kappa shape index (κ2) is 4.72. The first-order valence-electron chi connectivity index (χ1n) is 3.20. The van der Waals surface area contributed by atoms with Crippen molar-refractivity contribution in [1.82, 2.24) is 0 Å². The van der Waals surface area contributed by atoms with E-state index in [1.54, 1.807) is 0 Å². The molecule has 1 nitrogen and oxygen atoms in total. The van der Waals surface area contributed by atoms with Crippen molar-refractivity contribution < 1.29 is 4.79 Å². The number of alkyl halides is 1. The molecule has 0 aliphatic rings. The van der Waals surface area contributed by atoms with Crippen LogP contribution in [0.5, 0.6) is 0 Å². The fourth-order valence-electron chi connectivity index (χ4n) is 0.791. The quantitative estimate of drug-likeness (QED) is 0.418. The summed E-state index contributed by atoms with van der Waals surface area (Å²) in [7, 11) is 0. The van der Waals surface area contributed by atoms with Crippen molar-refractivity contribution in [2.24, 2.45) is 0 Å². The van der Waals surface area contributed by atoms with Gasteiger partial charge in [0.2, 0.25) is 0 Å². The van der Waals surface area contributed by atoms with Crippen LogP contribution in [-0.2, 0) is 0 Å². The first-order chi connectivity index (χ1) is 5.66. The number of Topliss-reactive ketones (excluding diaryl/α,β-unsaturated/α-hetero) is 1. The van der Waals surface area contributed by atoms with Gasteiger partial charge in [0.25, 0.3) is 0 Å². The smallest absolute Gasteiger partial charge is 0.174 e. The third kappa shape index (κ3) is 2.29. The zero-order valence-corrected chi connectivity index (χ0v) is 11.3. The number of rotatable bonds is 2. The van der Waals surface area contributed by atoms with E-state index in [2.05, 4.69) is 54.5 Å². The van der Waals surface area contributed by atoms with Crippen molar-refractivity contribution in [2.45, 2.75) is 0 Å². The highest BCUT2D eigenvalue weighted by Gasteiger charge is 2.09. The highest BCUT2D eigenvalue weighted by Crippen LogP contribution is 2.23. The predicted octanol–water partition coefficient (Wildman–Crippen LogP) is 3.63. The minimum absolute atomic E-state index is 0.0976. The summed E-state index contributed by atoms with van der Waals surface area (Å²) in [5.74, 6) is 0.0976. The molecule has 0 unspecified atom stereocenters. The molecular weight excluding hydrogens is 399 g/mol. The molecule has 0 aliphatic carbocycles. The van der Waals surface area contributed by atoms with Crippen LogP contribution in [0.25, 0.3) is 0 Å². The predicted molar refractivity (Wildman–Crippen MR) is 65.0 cm³/mol. The van der Waals surface area contributed by atoms with Crippen LogP contribution in [0.1, 0.15) is 10.4 Å². The molecule has 64 valence electrons. The molecule has 4 heteroatoms. The molecule has 12 heavy (non-hydrogen) atoms. The van der Waals surface area contributed by atoms with E-state index < -0.39 is 0 Å². The summed E-state index contributed by atoms with van der Waals surface area (Å²) in [6.07, 6.45) is 0. The van der Waals surface area contributed by atoms with Gasteiger partial charge in [0.05, 0.1) is 5.33 Å². The molecule has 0 radical (unpaired) electrons. The lowest BCUT2D eigenvalue weighted by molar-refractivity contribution is 0.102. The van der Waals surface area contributed by atoms with Gasteiger partial charge in [0.1, 0.15) is 0 Å². The number of benzene rings is 1. The Hall–Kier alpha value is 0.580. The largest absolute Gasteiger partial charge is 0.293 e. The summed E-state index contributed by atoms with van der Waals surface area (Å²) in [4.78, 5) is 11.3. The summed E-state index contributed by atoms with van der Waals surface area (Å²) in [6.45, 7) is 0. The second-order valence-electron chi connectivity index (χ2n) is 2.16. The van der Waals surface area contributed by atoms with Crippen molar-refractivity contribution in [2.75, 3.05) is 5.33 Å².